The van der Waals surface area contributed by atoms with Crippen molar-refractivity contribution in [2.75, 3.05) is 0 Å². The van der Waals surface area contributed by atoms with Crippen LogP contribution in [0.5, 0.6) is 5.75 Å². The molecule has 26 heavy (non-hydrogen) atoms. The van der Waals surface area contributed by atoms with Crippen LogP contribution in [-0.4, -0.2) is 15.7 Å². The summed E-state index contributed by atoms with van der Waals surface area (Å²) >= 11 is 0. The predicted molar refractivity (Wildman–Crippen MR) is 83.2 cm³/mol. The standard InChI is InChI=1S/C16H13F4N3O3/c1-7(2)26-11-5-9(10(17)4-8(11)6-21)12-13(16(18,19)20)23(3)15(25)22-14(12)24/h4-5,7H,1-3H3,(H,22,24,25). The smallest absolute Gasteiger partial charge is 0.432 e. The van der Waals surface area contributed by atoms with E-state index in [1.54, 1.807) is 24.9 Å². The van der Waals surface area contributed by atoms with Gasteiger partial charge in [0.1, 0.15) is 23.3 Å². The van der Waals surface area contributed by atoms with Crippen LogP contribution < -0.4 is 16.0 Å². The van der Waals surface area contributed by atoms with Gasteiger partial charge in [-0.3, -0.25) is 14.3 Å². The van der Waals surface area contributed by atoms with Crippen molar-refractivity contribution >= 4 is 0 Å². The molecule has 0 saturated carbocycles. The van der Waals surface area contributed by atoms with E-state index in [9.17, 15) is 27.2 Å². The lowest BCUT2D eigenvalue weighted by Gasteiger charge is -2.17. The number of nitriles is 1. The average Bonchev–Trinajstić information content (AvgIpc) is 2.50. The third-order valence-electron chi connectivity index (χ3n) is 3.41. The first-order valence-corrected chi connectivity index (χ1v) is 7.28. The monoisotopic (exact) mass is 371 g/mol. The number of hydrogen-bond donors (Lipinski definition) is 1. The van der Waals surface area contributed by atoms with Gasteiger partial charge in [-0.2, -0.15) is 18.4 Å². The molecule has 0 spiro atoms. The first kappa shape index (κ1) is 19.2. The second-order valence-corrected chi connectivity index (χ2v) is 5.65. The van der Waals surface area contributed by atoms with Crippen LogP contribution in [0.3, 0.4) is 0 Å². The van der Waals surface area contributed by atoms with Gasteiger partial charge in [0.15, 0.2) is 0 Å². The van der Waals surface area contributed by atoms with Crippen molar-refractivity contribution in [3.05, 3.63) is 50.0 Å². The lowest BCUT2D eigenvalue weighted by atomic mass is 10.0. The van der Waals surface area contributed by atoms with Crippen LogP contribution in [0.25, 0.3) is 11.1 Å². The predicted octanol–water partition coefficient (Wildman–Crippen LogP) is 2.56. The molecular weight excluding hydrogens is 358 g/mol. The molecule has 0 amide bonds. The molecule has 0 atom stereocenters. The Labute approximate surface area is 144 Å². The molecule has 138 valence electrons. The molecule has 2 aromatic rings. The van der Waals surface area contributed by atoms with Gasteiger partial charge in [0.25, 0.3) is 5.56 Å². The molecule has 0 unspecified atom stereocenters. The number of nitrogens with one attached hydrogen (secondary N) is 1. The van der Waals surface area contributed by atoms with Crippen LogP contribution in [0.1, 0.15) is 25.1 Å². The summed E-state index contributed by atoms with van der Waals surface area (Å²) in [6.07, 6.45) is -5.56. The maximum atomic E-state index is 14.4. The second kappa shape index (κ2) is 6.67. The number of benzene rings is 1. The van der Waals surface area contributed by atoms with E-state index >= 15 is 0 Å². The van der Waals surface area contributed by atoms with Gasteiger partial charge in [-0.25, -0.2) is 9.18 Å². The molecule has 0 saturated heterocycles. The van der Waals surface area contributed by atoms with E-state index in [4.69, 9.17) is 10.00 Å². The molecule has 0 aliphatic carbocycles. The summed E-state index contributed by atoms with van der Waals surface area (Å²) in [5, 5.41) is 9.05. The van der Waals surface area contributed by atoms with E-state index < -0.39 is 46.2 Å². The second-order valence-electron chi connectivity index (χ2n) is 5.65. The number of alkyl halides is 3. The first-order valence-electron chi connectivity index (χ1n) is 7.28. The molecule has 1 N–H and O–H groups in total. The third kappa shape index (κ3) is 3.46. The zero-order valence-corrected chi connectivity index (χ0v) is 13.9. The van der Waals surface area contributed by atoms with Crippen molar-refractivity contribution in [2.24, 2.45) is 7.05 Å². The molecule has 2 rings (SSSR count). The van der Waals surface area contributed by atoms with E-state index in [-0.39, 0.29) is 15.9 Å². The van der Waals surface area contributed by atoms with Gasteiger partial charge < -0.3 is 4.74 Å². The quantitative estimate of drug-likeness (QED) is 0.840. The lowest BCUT2D eigenvalue weighted by molar-refractivity contribution is -0.143. The van der Waals surface area contributed by atoms with E-state index in [1.807, 2.05) is 0 Å². The number of H-pyrrole nitrogens is 1. The summed E-state index contributed by atoms with van der Waals surface area (Å²) in [5.41, 5.74) is -6.35. The minimum Gasteiger partial charge on any atom is -0.490 e. The fourth-order valence-corrected chi connectivity index (χ4v) is 2.39. The molecule has 0 fully saturated rings. The van der Waals surface area contributed by atoms with Crippen molar-refractivity contribution in [3.8, 4) is 22.9 Å². The van der Waals surface area contributed by atoms with E-state index in [1.165, 1.54) is 0 Å². The normalized spacial score (nSPS) is 11.5. The molecule has 0 bridgehead atoms. The van der Waals surface area contributed by atoms with Crippen molar-refractivity contribution < 1.29 is 22.3 Å². The fourth-order valence-electron chi connectivity index (χ4n) is 2.39. The van der Waals surface area contributed by atoms with Gasteiger partial charge in [-0.05, 0) is 26.0 Å². The van der Waals surface area contributed by atoms with Crippen molar-refractivity contribution in [3.63, 3.8) is 0 Å². The Hall–Kier alpha value is -3.09. The molecule has 0 radical (unpaired) electrons. The van der Waals surface area contributed by atoms with Gasteiger partial charge >= 0.3 is 11.9 Å². The fraction of sp³-hybridized carbons (Fsp3) is 0.312. The zero-order valence-electron chi connectivity index (χ0n) is 13.9. The summed E-state index contributed by atoms with van der Waals surface area (Å²) in [6.45, 7) is 3.20. The highest BCUT2D eigenvalue weighted by molar-refractivity contribution is 5.70. The average molecular weight is 371 g/mol. The SMILES string of the molecule is CC(C)Oc1cc(-c2c(C(F)(F)F)n(C)c(=O)[nH]c2=O)c(F)cc1C#N. The Kier molecular flexibility index (Phi) is 4.93. The minimum atomic E-state index is -5.10. The Morgan fingerprint density at radius 2 is 1.88 bits per heavy atom. The molecular formula is C16H13F4N3O3. The van der Waals surface area contributed by atoms with Gasteiger partial charge in [-0.15, -0.1) is 0 Å². The highest BCUT2D eigenvalue weighted by Crippen LogP contribution is 2.37. The van der Waals surface area contributed by atoms with Crippen LogP contribution in [0.4, 0.5) is 17.6 Å². The van der Waals surface area contributed by atoms with Crippen molar-refractivity contribution in [1.29, 1.82) is 5.26 Å². The van der Waals surface area contributed by atoms with Crippen LogP contribution in [0.15, 0.2) is 21.7 Å². The molecule has 1 aromatic carbocycles. The van der Waals surface area contributed by atoms with Crippen molar-refractivity contribution in [1.82, 2.24) is 9.55 Å². The number of ether oxygens (including phenoxy) is 1. The summed E-state index contributed by atoms with van der Waals surface area (Å²) in [6, 6.07) is 3.20. The van der Waals surface area contributed by atoms with E-state index in [0.29, 0.717) is 6.07 Å². The van der Waals surface area contributed by atoms with Gasteiger partial charge in [0.2, 0.25) is 0 Å². The topological polar surface area (TPSA) is 87.9 Å². The van der Waals surface area contributed by atoms with E-state index in [2.05, 4.69) is 0 Å². The number of halogens is 4. The first-order chi connectivity index (χ1) is 12.0. The molecule has 0 aliphatic heterocycles. The van der Waals surface area contributed by atoms with Gasteiger partial charge in [0, 0.05) is 12.6 Å². The lowest BCUT2D eigenvalue weighted by Crippen LogP contribution is -2.35. The van der Waals surface area contributed by atoms with Crippen LogP contribution in [0.2, 0.25) is 0 Å². The maximum Gasteiger partial charge on any atom is 0.432 e. The van der Waals surface area contributed by atoms with Crippen LogP contribution >= 0.6 is 0 Å². The molecule has 1 aromatic heterocycles. The van der Waals surface area contributed by atoms with Gasteiger partial charge in [-0.1, -0.05) is 0 Å². The minimum absolute atomic E-state index is 0.178. The van der Waals surface area contributed by atoms with Crippen LogP contribution in [-0.2, 0) is 13.2 Å². The number of aromatic nitrogens is 2. The summed E-state index contributed by atoms with van der Waals surface area (Å²) in [4.78, 5) is 25.3. The van der Waals surface area contributed by atoms with Crippen LogP contribution in [0, 0.1) is 17.1 Å². The number of rotatable bonds is 3. The Balaban J connectivity index is 2.94. The third-order valence-corrected chi connectivity index (χ3v) is 3.41. The number of aromatic amines is 1. The highest BCUT2D eigenvalue weighted by Gasteiger charge is 2.39. The maximum absolute atomic E-state index is 14.4. The van der Waals surface area contributed by atoms with Crippen molar-refractivity contribution in [2.45, 2.75) is 26.1 Å². The summed E-state index contributed by atoms with van der Waals surface area (Å²) in [7, 11) is 0.803. The summed E-state index contributed by atoms with van der Waals surface area (Å²) < 4.78 is 60.2. The largest absolute Gasteiger partial charge is 0.490 e. The summed E-state index contributed by atoms with van der Waals surface area (Å²) in [5.74, 6) is -1.41. The number of nitrogens with zero attached hydrogens (tertiary/aromatic N) is 2. The Morgan fingerprint density at radius 3 is 2.38 bits per heavy atom. The number of hydrogen-bond acceptors (Lipinski definition) is 4. The molecule has 0 aliphatic rings. The molecule has 10 heteroatoms. The highest BCUT2D eigenvalue weighted by atomic mass is 19.4. The Bertz CT molecular complexity index is 1010. The zero-order chi connectivity index (χ0) is 19.8. The van der Waals surface area contributed by atoms with E-state index in [0.717, 1.165) is 13.1 Å². The molecule has 1 heterocycles. The Morgan fingerprint density at radius 1 is 1.27 bits per heavy atom. The van der Waals surface area contributed by atoms with Gasteiger partial charge in [0.05, 0.1) is 17.2 Å². The molecule has 6 nitrogen and oxygen atoms in total.